The van der Waals surface area contributed by atoms with E-state index in [-0.39, 0.29) is 11.3 Å². The lowest BCUT2D eigenvalue weighted by Gasteiger charge is -2.07. The normalized spacial score (nSPS) is 10.9. The van der Waals surface area contributed by atoms with Gasteiger partial charge in [-0.3, -0.25) is 9.48 Å². The molecule has 0 fully saturated rings. The van der Waals surface area contributed by atoms with Gasteiger partial charge in [0.05, 0.1) is 31.8 Å². The number of aromatic nitrogens is 4. The molecule has 35 heavy (non-hydrogen) atoms. The zero-order chi connectivity index (χ0) is 24.4. The molecule has 1 amide bonds. The van der Waals surface area contributed by atoms with Crippen molar-refractivity contribution in [1.29, 1.82) is 0 Å². The SMILES string of the molecule is COc1ccc(Cn2nc(NC(=O)c3ccc(OC)c(F)c3)cc2-c2nc3ccccc3[nH]2)cc1. The largest absolute Gasteiger partial charge is 0.497 e. The summed E-state index contributed by atoms with van der Waals surface area (Å²) in [4.78, 5) is 20.8. The van der Waals surface area contributed by atoms with Crippen molar-refractivity contribution in [3.8, 4) is 23.0 Å². The first kappa shape index (κ1) is 22.1. The fourth-order valence-electron chi connectivity index (χ4n) is 3.76. The molecule has 0 saturated carbocycles. The highest BCUT2D eigenvalue weighted by molar-refractivity contribution is 6.04. The predicted octanol–water partition coefficient (Wildman–Crippen LogP) is 4.88. The van der Waals surface area contributed by atoms with Crippen LogP contribution >= 0.6 is 0 Å². The molecule has 2 heterocycles. The van der Waals surface area contributed by atoms with Gasteiger partial charge >= 0.3 is 0 Å². The van der Waals surface area contributed by atoms with Crippen LogP contribution in [0.3, 0.4) is 0 Å². The number of aromatic amines is 1. The van der Waals surface area contributed by atoms with Gasteiger partial charge in [0, 0.05) is 11.6 Å². The highest BCUT2D eigenvalue weighted by Gasteiger charge is 2.17. The van der Waals surface area contributed by atoms with E-state index in [4.69, 9.17) is 9.47 Å². The Morgan fingerprint density at radius 2 is 1.83 bits per heavy atom. The third kappa shape index (κ3) is 4.56. The van der Waals surface area contributed by atoms with Crippen LogP contribution in [-0.4, -0.2) is 39.9 Å². The van der Waals surface area contributed by atoms with E-state index in [9.17, 15) is 9.18 Å². The third-order valence-corrected chi connectivity index (χ3v) is 5.56. The van der Waals surface area contributed by atoms with Crippen LogP contribution in [0.25, 0.3) is 22.6 Å². The molecule has 176 valence electrons. The Balaban J connectivity index is 1.48. The number of nitrogens with one attached hydrogen (secondary N) is 2. The summed E-state index contributed by atoms with van der Waals surface area (Å²) >= 11 is 0. The topological polar surface area (TPSA) is 94.1 Å². The van der Waals surface area contributed by atoms with E-state index < -0.39 is 11.7 Å². The number of methoxy groups -OCH3 is 2. The molecular weight excluding hydrogens is 449 g/mol. The predicted molar refractivity (Wildman–Crippen MR) is 130 cm³/mol. The van der Waals surface area contributed by atoms with Gasteiger partial charge in [-0.15, -0.1) is 0 Å². The molecule has 0 saturated heterocycles. The number of hydrogen-bond acceptors (Lipinski definition) is 5. The Hall–Kier alpha value is -4.66. The number of fused-ring (bicyclic) bond motifs is 1. The van der Waals surface area contributed by atoms with Gasteiger partial charge in [0.15, 0.2) is 23.2 Å². The Morgan fingerprint density at radius 3 is 2.54 bits per heavy atom. The highest BCUT2D eigenvalue weighted by Crippen LogP contribution is 2.25. The molecular formula is C26H22FN5O3. The van der Waals surface area contributed by atoms with Gasteiger partial charge < -0.3 is 19.8 Å². The molecule has 0 aliphatic rings. The van der Waals surface area contributed by atoms with Crippen LogP contribution in [0.1, 0.15) is 15.9 Å². The zero-order valence-corrected chi connectivity index (χ0v) is 19.1. The standard InChI is InChI=1S/C26H22FN5O3/c1-34-18-10-7-16(8-11-18)15-32-22(25-28-20-5-3-4-6-21(20)29-25)14-24(31-32)30-26(33)17-9-12-23(35-2)19(27)13-17/h3-14H,15H2,1-2H3,(H,28,29)(H,30,31,33). The summed E-state index contributed by atoms with van der Waals surface area (Å²) in [5, 5.41) is 7.34. The van der Waals surface area contributed by atoms with Crippen LogP contribution in [0.4, 0.5) is 10.2 Å². The molecule has 8 nitrogen and oxygen atoms in total. The summed E-state index contributed by atoms with van der Waals surface area (Å²) in [6, 6.07) is 21.1. The number of para-hydroxylation sites is 2. The van der Waals surface area contributed by atoms with E-state index in [1.165, 1.54) is 19.2 Å². The maximum Gasteiger partial charge on any atom is 0.256 e. The second-order valence-electron chi connectivity index (χ2n) is 7.83. The molecule has 0 bridgehead atoms. The number of amides is 1. The number of hydrogen-bond donors (Lipinski definition) is 2. The van der Waals surface area contributed by atoms with E-state index in [0.29, 0.717) is 23.9 Å². The van der Waals surface area contributed by atoms with Crippen LogP contribution in [0.5, 0.6) is 11.5 Å². The molecule has 3 aromatic carbocycles. The molecule has 0 atom stereocenters. The van der Waals surface area contributed by atoms with Crippen molar-refractivity contribution in [1.82, 2.24) is 19.7 Å². The van der Waals surface area contributed by atoms with Crippen LogP contribution < -0.4 is 14.8 Å². The van der Waals surface area contributed by atoms with E-state index in [2.05, 4.69) is 20.4 Å². The Morgan fingerprint density at radius 1 is 1.03 bits per heavy atom. The van der Waals surface area contributed by atoms with Gasteiger partial charge in [0.2, 0.25) is 0 Å². The van der Waals surface area contributed by atoms with Gasteiger partial charge in [-0.2, -0.15) is 5.10 Å². The second kappa shape index (κ2) is 9.30. The third-order valence-electron chi connectivity index (χ3n) is 5.56. The molecule has 5 aromatic rings. The lowest BCUT2D eigenvalue weighted by molar-refractivity contribution is 0.102. The summed E-state index contributed by atoms with van der Waals surface area (Å²) in [5.74, 6) is 0.646. The number of nitrogens with zero attached hydrogens (tertiary/aromatic N) is 3. The smallest absolute Gasteiger partial charge is 0.256 e. The zero-order valence-electron chi connectivity index (χ0n) is 19.1. The number of halogens is 1. The summed E-state index contributed by atoms with van der Waals surface area (Å²) in [7, 11) is 2.99. The number of anilines is 1. The van der Waals surface area contributed by atoms with Crippen molar-refractivity contribution < 1.29 is 18.7 Å². The van der Waals surface area contributed by atoms with Crippen LogP contribution in [-0.2, 0) is 6.54 Å². The fourth-order valence-corrected chi connectivity index (χ4v) is 3.76. The summed E-state index contributed by atoms with van der Waals surface area (Å²) < 4.78 is 26.0. The highest BCUT2D eigenvalue weighted by atomic mass is 19.1. The van der Waals surface area contributed by atoms with Gasteiger partial charge in [-0.25, -0.2) is 9.37 Å². The van der Waals surface area contributed by atoms with E-state index >= 15 is 0 Å². The number of carbonyl (C=O) groups is 1. The van der Waals surface area contributed by atoms with Gasteiger partial charge in [0.25, 0.3) is 5.91 Å². The quantitative estimate of drug-likeness (QED) is 0.353. The minimum Gasteiger partial charge on any atom is -0.497 e. The summed E-state index contributed by atoms with van der Waals surface area (Å²) in [6.45, 7) is 0.434. The van der Waals surface area contributed by atoms with Crippen molar-refractivity contribution in [3.05, 3.63) is 89.7 Å². The van der Waals surface area contributed by atoms with E-state index in [1.807, 2.05) is 48.5 Å². The van der Waals surface area contributed by atoms with Crippen molar-refractivity contribution >= 4 is 22.8 Å². The molecule has 5 rings (SSSR count). The minimum atomic E-state index is -0.617. The molecule has 2 aromatic heterocycles. The Bertz CT molecular complexity index is 1470. The van der Waals surface area contributed by atoms with Gasteiger partial charge in [-0.05, 0) is 48.0 Å². The lowest BCUT2D eigenvalue weighted by Crippen LogP contribution is -2.13. The van der Waals surface area contributed by atoms with Crippen molar-refractivity contribution in [2.24, 2.45) is 0 Å². The van der Waals surface area contributed by atoms with E-state index in [1.54, 1.807) is 17.9 Å². The second-order valence-corrected chi connectivity index (χ2v) is 7.83. The number of H-pyrrole nitrogens is 1. The van der Waals surface area contributed by atoms with Gasteiger partial charge in [-0.1, -0.05) is 24.3 Å². The molecule has 9 heteroatoms. The molecule has 2 N–H and O–H groups in total. The number of rotatable bonds is 7. The first-order valence-electron chi connectivity index (χ1n) is 10.8. The average molecular weight is 471 g/mol. The molecule has 0 unspecified atom stereocenters. The molecule has 0 aliphatic carbocycles. The number of imidazole rings is 1. The van der Waals surface area contributed by atoms with Crippen molar-refractivity contribution in [3.63, 3.8) is 0 Å². The maximum atomic E-state index is 14.1. The lowest BCUT2D eigenvalue weighted by atomic mass is 10.2. The maximum absolute atomic E-state index is 14.1. The van der Waals surface area contributed by atoms with Crippen LogP contribution in [0.2, 0.25) is 0 Å². The van der Waals surface area contributed by atoms with Gasteiger partial charge in [0.1, 0.15) is 11.4 Å². The monoisotopic (exact) mass is 471 g/mol. The van der Waals surface area contributed by atoms with Crippen LogP contribution in [0, 0.1) is 5.82 Å². The Kier molecular flexibility index (Phi) is 5.88. The molecule has 0 aliphatic heterocycles. The number of carbonyl (C=O) groups excluding carboxylic acids is 1. The van der Waals surface area contributed by atoms with Crippen LogP contribution in [0.15, 0.2) is 72.8 Å². The minimum absolute atomic E-state index is 0.0671. The van der Waals surface area contributed by atoms with Crippen molar-refractivity contribution in [2.45, 2.75) is 6.54 Å². The van der Waals surface area contributed by atoms with E-state index in [0.717, 1.165) is 28.4 Å². The first-order chi connectivity index (χ1) is 17.0. The number of ether oxygens (including phenoxy) is 2. The molecule has 0 spiro atoms. The number of benzene rings is 3. The molecule has 0 radical (unpaired) electrons. The Labute approximate surface area is 200 Å². The summed E-state index contributed by atoms with van der Waals surface area (Å²) in [6.07, 6.45) is 0. The fraction of sp³-hybridized carbons (Fsp3) is 0.115. The van der Waals surface area contributed by atoms with Crippen molar-refractivity contribution in [2.75, 3.05) is 19.5 Å². The average Bonchev–Trinajstić information content (AvgIpc) is 3.48. The first-order valence-corrected chi connectivity index (χ1v) is 10.8. The summed E-state index contributed by atoms with van der Waals surface area (Å²) in [5.41, 5.74) is 3.53.